The molecule has 4 aromatic rings. The second-order valence-corrected chi connectivity index (χ2v) is 14.2. The number of fused-ring (bicyclic) bond motifs is 4. The fourth-order valence-corrected chi connectivity index (χ4v) is 7.94. The molecule has 4 atom stereocenters. The highest BCUT2D eigenvalue weighted by Crippen LogP contribution is 2.49. The maximum absolute atomic E-state index is 17.0. The van der Waals surface area contributed by atoms with Crippen LogP contribution in [0, 0.1) is 35.3 Å². The van der Waals surface area contributed by atoms with E-state index in [1.165, 1.54) is 30.2 Å². The lowest BCUT2D eigenvalue weighted by Crippen LogP contribution is -2.51. The first-order valence-corrected chi connectivity index (χ1v) is 16.8. The number of nitrogens with one attached hydrogen (secondary N) is 1. The molecule has 5 heterocycles. The Kier molecular flexibility index (Phi) is 8.10. The van der Waals surface area contributed by atoms with E-state index in [1.54, 1.807) is 0 Å². The smallest absolute Gasteiger partial charge is 0.395 e. The monoisotopic (exact) mass is 712 g/mol. The third-order valence-corrected chi connectivity index (χ3v) is 10.6. The van der Waals surface area contributed by atoms with Crippen LogP contribution in [0.15, 0.2) is 24.3 Å². The van der Waals surface area contributed by atoms with E-state index in [-0.39, 0.29) is 82.5 Å². The average molecular weight is 713 g/mol. The van der Waals surface area contributed by atoms with Crippen molar-refractivity contribution in [2.24, 2.45) is 11.3 Å². The lowest BCUT2D eigenvalue weighted by Gasteiger charge is -2.34. The van der Waals surface area contributed by atoms with Crippen LogP contribution in [0.1, 0.15) is 31.2 Å². The summed E-state index contributed by atoms with van der Waals surface area (Å²) in [6, 6.07) is 5.39. The van der Waals surface area contributed by atoms with Crippen molar-refractivity contribution in [2.45, 2.75) is 50.1 Å². The maximum Gasteiger partial charge on any atom is 0.395 e. The van der Waals surface area contributed by atoms with Crippen LogP contribution in [0.3, 0.4) is 0 Å². The number of hydrogen-bond acceptors (Lipinski definition) is 9. The number of rotatable bonds is 8. The Hall–Kier alpha value is -4.55. The lowest BCUT2D eigenvalue weighted by molar-refractivity contribution is -0.181. The van der Waals surface area contributed by atoms with Crippen molar-refractivity contribution in [3.63, 3.8) is 0 Å². The van der Waals surface area contributed by atoms with E-state index in [1.807, 2.05) is 4.90 Å². The van der Waals surface area contributed by atoms with Crippen LogP contribution in [0.2, 0.25) is 0 Å². The Labute approximate surface area is 289 Å². The zero-order valence-corrected chi connectivity index (χ0v) is 27.5. The quantitative estimate of drug-likeness (QED) is 0.175. The number of alkyl halides is 4. The molecule has 9 nitrogen and oxygen atoms in total. The van der Waals surface area contributed by atoms with Crippen molar-refractivity contribution < 1.29 is 40.9 Å². The minimum absolute atomic E-state index is 0.0170. The highest BCUT2D eigenvalue weighted by Gasteiger charge is 2.53. The van der Waals surface area contributed by atoms with E-state index in [4.69, 9.17) is 20.9 Å². The summed E-state index contributed by atoms with van der Waals surface area (Å²) in [6.07, 6.45) is 2.26. The predicted molar refractivity (Wildman–Crippen MR) is 177 cm³/mol. The van der Waals surface area contributed by atoms with Crippen molar-refractivity contribution in [3.8, 4) is 41.2 Å². The molecule has 1 saturated carbocycles. The van der Waals surface area contributed by atoms with E-state index >= 15 is 4.39 Å². The number of phenolic OH excluding ortho intramolecular Hbond substituents is 1. The number of terminal acetylenes is 1. The summed E-state index contributed by atoms with van der Waals surface area (Å²) in [5.41, 5.74) is -1.16. The first-order valence-electron chi connectivity index (χ1n) is 16.8. The molecular weight excluding hydrogens is 678 g/mol. The van der Waals surface area contributed by atoms with Crippen molar-refractivity contribution in [1.82, 2.24) is 25.2 Å². The zero-order valence-electron chi connectivity index (χ0n) is 27.5. The number of aromatic hydroxyl groups is 1. The van der Waals surface area contributed by atoms with Crippen molar-refractivity contribution >= 4 is 27.5 Å². The largest absolute Gasteiger partial charge is 0.508 e. The van der Waals surface area contributed by atoms with E-state index in [0.717, 1.165) is 18.9 Å². The summed E-state index contributed by atoms with van der Waals surface area (Å²) < 4.78 is 98.2. The number of likely N-dealkylation sites (tertiary alicyclic amines) is 1. The predicted octanol–water partition coefficient (Wildman–Crippen LogP) is 5.75. The molecule has 1 aliphatic carbocycles. The van der Waals surface area contributed by atoms with Gasteiger partial charge in [-0.15, -0.1) is 6.42 Å². The van der Waals surface area contributed by atoms with E-state index in [0.29, 0.717) is 37.1 Å². The SMILES string of the molecule is C#Cc1c(F)ccc2cc(O)cc(-c3nc(OC)c4c(N5CC6CCC(C5)N6)nc(OCC5(CN6CC(F)C(C(F)(F)F)C6)CC5)nc4c3F)c12. The van der Waals surface area contributed by atoms with Crippen LogP contribution in [0.25, 0.3) is 32.9 Å². The van der Waals surface area contributed by atoms with Crippen LogP contribution < -0.4 is 19.7 Å². The fraction of sp³-hybridized carbons (Fsp3) is 0.472. The normalized spacial score (nSPS) is 24.3. The average Bonchev–Trinajstić information content (AvgIpc) is 3.63. The number of piperazine rings is 1. The Morgan fingerprint density at radius 2 is 1.78 bits per heavy atom. The van der Waals surface area contributed by atoms with Crippen LogP contribution in [-0.2, 0) is 0 Å². The number of nitrogens with zero attached hydrogens (tertiary/aromatic N) is 5. The summed E-state index contributed by atoms with van der Waals surface area (Å²) >= 11 is 0. The maximum atomic E-state index is 17.0. The second-order valence-electron chi connectivity index (χ2n) is 14.2. The van der Waals surface area contributed by atoms with Gasteiger partial charge in [0.1, 0.15) is 40.2 Å². The molecule has 15 heteroatoms. The number of ether oxygens (including phenoxy) is 2. The molecule has 4 unspecified atom stereocenters. The first kappa shape index (κ1) is 33.6. The summed E-state index contributed by atoms with van der Waals surface area (Å²) in [5, 5.41) is 14.9. The minimum atomic E-state index is -4.62. The van der Waals surface area contributed by atoms with Gasteiger partial charge in [0, 0.05) is 61.2 Å². The molecular formula is C36H34F6N6O3. The van der Waals surface area contributed by atoms with E-state index < -0.39 is 41.9 Å². The topological polar surface area (TPSA) is 95.9 Å². The Morgan fingerprint density at radius 1 is 1.04 bits per heavy atom. The number of hydrogen-bond donors (Lipinski definition) is 2. The van der Waals surface area contributed by atoms with E-state index in [9.17, 15) is 27.1 Å². The van der Waals surface area contributed by atoms with Gasteiger partial charge >= 0.3 is 12.2 Å². The van der Waals surface area contributed by atoms with Gasteiger partial charge in [-0.3, -0.25) is 4.90 Å². The molecule has 3 saturated heterocycles. The molecule has 4 fully saturated rings. The van der Waals surface area contributed by atoms with Gasteiger partial charge in [-0.2, -0.15) is 23.1 Å². The van der Waals surface area contributed by atoms with Crippen molar-refractivity contribution in [2.75, 3.05) is 51.3 Å². The van der Waals surface area contributed by atoms with Crippen LogP contribution >= 0.6 is 0 Å². The Balaban J connectivity index is 1.21. The van der Waals surface area contributed by atoms with Crippen molar-refractivity contribution in [1.29, 1.82) is 0 Å². The van der Waals surface area contributed by atoms with Gasteiger partial charge in [0.05, 0.1) is 25.2 Å². The summed E-state index contributed by atoms with van der Waals surface area (Å²) in [7, 11) is 1.37. The van der Waals surface area contributed by atoms with Crippen LogP contribution in [0.5, 0.6) is 17.6 Å². The Morgan fingerprint density at radius 3 is 2.43 bits per heavy atom. The number of phenols is 1. The number of pyridine rings is 1. The van der Waals surface area contributed by atoms with Gasteiger partial charge in [-0.25, -0.2) is 18.2 Å². The molecule has 51 heavy (non-hydrogen) atoms. The molecule has 268 valence electrons. The molecule has 2 aromatic heterocycles. The van der Waals surface area contributed by atoms with Crippen LogP contribution in [-0.4, -0.2) is 95.8 Å². The zero-order chi connectivity index (χ0) is 35.8. The molecule has 3 aliphatic heterocycles. The number of aromatic nitrogens is 3. The molecule has 0 spiro atoms. The molecule has 4 aliphatic rings. The lowest BCUT2D eigenvalue weighted by atomic mass is 9.95. The molecule has 0 amide bonds. The van der Waals surface area contributed by atoms with Gasteiger partial charge in [0.2, 0.25) is 5.88 Å². The number of anilines is 1. The highest BCUT2D eigenvalue weighted by atomic mass is 19.4. The number of benzene rings is 2. The fourth-order valence-electron chi connectivity index (χ4n) is 7.94. The second kappa shape index (κ2) is 12.3. The molecule has 2 aromatic carbocycles. The standard InChI is InChI=1S/C36H34F6N6O3/c1-3-22-25(37)7-4-18-10-21(49)11-23(27(18)22)30-29(39)31-28(33(44-30)50-2)32(48-12-19-5-6-20(13-48)43-19)46-34(45-31)51-17-35(8-9-35)16-47-14-24(26(38)15-47)36(40,41)42/h1,4,7,10-11,19-20,24,26,43,49H,5-6,8-9,12-17H2,2H3. The third kappa shape index (κ3) is 6.01. The molecule has 2 bridgehead atoms. The van der Waals surface area contributed by atoms with Gasteiger partial charge in [0.25, 0.3) is 0 Å². The first-order chi connectivity index (χ1) is 24.4. The molecule has 8 rings (SSSR count). The van der Waals surface area contributed by atoms with Gasteiger partial charge in [0.15, 0.2) is 5.82 Å². The van der Waals surface area contributed by atoms with Gasteiger partial charge in [-0.1, -0.05) is 12.0 Å². The van der Waals surface area contributed by atoms with Gasteiger partial charge < -0.3 is 24.8 Å². The minimum Gasteiger partial charge on any atom is -0.508 e. The number of methoxy groups -OCH3 is 1. The van der Waals surface area contributed by atoms with Crippen molar-refractivity contribution in [3.05, 3.63) is 41.5 Å². The third-order valence-electron chi connectivity index (χ3n) is 10.6. The Bertz CT molecular complexity index is 2070. The summed E-state index contributed by atoms with van der Waals surface area (Å²) in [5.74, 6) is -1.25. The highest BCUT2D eigenvalue weighted by molar-refractivity contribution is 6.04. The number of halogens is 6. The summed E-state index contributed by atoms with van der Waals surface area (Å²) in [4.78, 5) is 17.2. The molecule has 2 N–H and O–H groups in total. The molecule has 0 radical (unpaired) electrons. The van der Waals surface area contributed by atoms with E-state index in [2.05, 4.69) is 21.2 Å². The van der Waals surface area contributed by atoms with Crippen LogP contribution in [0.4, 0.5) is 32.2 Å². The van der Waals surface area contributed by atoms with Gasteiger partial charge in [-0.05, 0) is 49.3 Å². The summed E-state index contributed by atoms with van der Waals surface area (Å²) in [6.45, 7) is 0.596.